The van der Waals surface area contributed by atoms with Gasteiger partial charge in [0.1, 0.15) is 12.1 Å². The molecule has 0 spiro atoms. The first-order chi connectivity index (χ1) is 11.6. The van der Waals surface area contributed by atoms with Crippen molar-refractivity contribution in [2.24, 2.45) is 5.92 Å². The lowest BCUT2D eigenvalue weighted by Crippen LogP contribution is -2.49. The van der Waals surface area contributed by atoms with Crippen LogP contribution in [0.25, 0.3) is 0 Å². The van der Waals surface area contributed by atoms with Crippen LogP contribution in [0.2, 0.25) is 0 Å². The molecule has 0 aromatic carbocycles. The second-order valence-corrected chi connectivity index (χ2v) is 7.08. The Morgan fingerprint density at radius 3 is 2.67 bits per heavy atom. The molecule has 0 bridgehead atoms. The zero-order valence-electron chi connectivity index (χ0n) is 14.4. The topological polar surface area (TPSA) is 79.4 Å². The predicted octanol–water partition coefficient (Wildman–Crippen LogP) is 1.13. The number of rotatable bonds is 5. The summed E-state index contributed by atoms with van der Waals surface area (Å²) in [7, 11) is 0. The van der Waals surface area contributed by atoms with Gasteiger partial charge in [-0.15, -0.1) is 0 Å². The molecular weight excluding hydrogens is 306 g/mol. The monoisotopic (exact) mass is 333 g/mol. The van der Waals surface area contributed by atoms with Gasteiger partial charge in [0.15, 0.2) is 0 Å². The molecule has 7 heteroatoms. The van der Waals surface area contributed by atoms with Gasteiger partial charge >= 0.3 is 6.01 Å². The molecule has 2 aliphatic heterocycles. The second-order valence-electron chi connectivity index (χ2n) is 7.08. The van der Waals surface area contributed by atoms with Crippen molar-refractivity contribution in [1.82, 2.24) is 25.7 Å². The average molecular weight is 333 g/mol. The van der Waals surface area contributed by atoms with Gasteiger partial charge in [-0.25, -0.2) is 15.4 Å². The number of aromatic nitrogens is 2. The van der Waals surface area contributed by atoms with Crippen LogP contribution in [0.1, 0.15) is 39.5 Å². The lowest BCUT2D eigenvalue weighted by Gasteiger charge is -2.33. The molecule has 3 heterocycles. The number of nitrogens with zero attached hydrogens (tertiary/aromatic N) is 3. The minimum absolute atomic E-state index is 0.0831. The van der Waals surface area contributed by atoms with Crippen LogP contribution in [-0.4, -0.2) is 52.1 Å². The van der Waals surface area contributed by atoms with Gasteiger partial charge in [-0.3, -0.25) is 10.2 Å². The summed E-state index contributed by atoms with van der Waals surface area (Å²) in [6.45, 7) is 5.86. The third kappa shape index (κ3) is 4.42. The molecule has 24 heavy (non-hydrogen) atoms. The van der Waals surface area contributed by atoms with E-state index in [1.165, 1.54) is 0 Å². The number of ether oxygens (including phenoxy) is 1. The van der Waals surface area contributed by atoms with Crippen LogP contribution >= 0.6 is 0 Å². The van der Waals surface area contributed by atoms with Crippen LogP contribution < -0.4 is 15.6 Å². The second kappa shape index (κ2) is 7.90. The van der Waals surface area contributed by atoms with Crippen molar-refractivity contribution in [3.8, 4) is 6.01 Å². The van der Waals surface area contributed by atoms with E-state index >= 15 is 0 Å². The van der Waals surface area contributed by atoms with Gasteiger partial charge in [0, 0.05) is 44.4 Å². The van der Waals surface area contributed by atoms with E-state index in [2.05, 4.69) is 34.7 Å². The molecule has 0 aliphatic carbocycles. The average Bonchev–Trinajstić information content (AvgIpc) is 3.03. The smallest absolute Gasteiger partial charge is 0.316 e. The SMILES string of the molecule is CC(C)CC1CC(C(=O)N2CCC(Oc3ncccn3)CC2)NN1. The summed E-state index contributed by atoms with van der Waals surface area (Å²) < 4.78 is 5.78. The number of hydrogen-bond donors (Lipinski definition) is 2. The minimum Gasteiger partial charge on any atom is -0.460 e. The number of nitrogens with one attached hydrogen (secondary N) is 2. The third-order valence-electron chi connectivity index (χ3n) is 4.60. The number of hydrogen-bond acceptors (Lipinski definition) is 6. The summed E-state index contributed by atoms with van der Waals surface area (Å²) in [5, 5.41) is 0. The summed E-state index contributed by atoms with van der Waals surface area (Å²) in [5.74, 6) is 0.828. The largest absolute Gasteiger partial charge is 0.460 e. The lowest BCUT2D eigenvalue weighted by molar-refractivity contribution is -0.135. The van der Waals surface area contributed by atoms with Crippen molar-refractivity contribution in [1.29, 1.82) is 0 Å². The molecule has 2 fully saturated rings. The molecule has 0 radical (unpaired) electrons. The molecule has 1 aromatic heterocycles. The summed E-state index contributed by atoms with van der Waals surface area (Å²) in [4.78, 5) is 22.8. The Morgan fingerprint density at radius 1 is 1.29 bits per heavy atom. The maximum Gasteiger partial charge on any atom is 0.316 e. The van der Waals surface area contributed by atoms with E-state index in [9.17, 15) is 4.79 Å². The number of hydrazine groups is 1. The Labute approximate surface area is 143 Å². The van der Waals surface area contributed by atoms with Gasteiger partial charge in [0.25, 0.3) is 0 Å². The lowest BCUT2D eigenvalue weighted by atomic mass is 9.99. The van der Waals surface area contributed by atoms with E-state index in [0.717, 1.165) is 38.8 Å². The van der Waals surface area contributed by atoms with E-state index in [1.54, 1.807) is 18.5 Å². The number of amides is 1. The highest BCUT2D eigenvalue weighted by molar-refractivity contribution is 5.82. The summed E-state index contributed by atoms with van der Waals surface area (Å²) in [6, 6.07) is 2.46. The maximum absolute atomic E-state index is 12.7. The van der Waals surface area contributed by atoms with Crippen LogP contribution in [0.3, 0.4) is 0 Å². The Hall–Kier alpha value is -1.73. The Morgan fingerprint density at radius 2 is 2.00 bits per heavy atom. The normalized spacial score (nSPS) is 25.2. The Kier molecular flexibility index (Phi) is 5.63. The van der Waals surface area contributed by atoms with Crippen molar-refractivity contribution in [3.05, 3.63) is 18.5 Å². The molecule has 3 rings (SSSR count). The van der Waals surface area contributed by atoms with Crippen LogP contribution in [0.4, 0.5) is 0 Å². The van der Waals surface area contributed by atoms with E-state index in [-0.39, 0.29) is 18.1 Å². The zero-order chi connectivity index (χ0) is 16.9. The van der Waals surface area contributed by atoms with Crippen LogP contribution in [0, 0.1) is 5.92 Å². The zero-order valence-corrected chi connectivity index (χ0v) is 14.4. The summed E-state index contributed by atoms with van der Waals surface area (Å²) in [6.07, 6.45) is 7.02. The quantitative estimate of drug-likeness (QED) is 0.841. The fraction of sp³-hybridized carbons (Fsp3) is 0.706. The molecule has 132 valence electrons. The molecule has 1 aromatic rings. The van der Waals surface area contributed by atoms with Crippen LogP contribution in [-0.2, 0) is 4.79 Å². The first-order valence-corrected chi connectivity index (χ1v) is 8.85. The molecule has 1 amide bonds. The van der Waals surface area contributed by atoms with Crippen molar-refractivity contribution >= 4 is 5.91 Å². The van der Waals surface area contributed by atoms with Crippen LogP contribution in [0.15, 0.2) is 18.5 Å². The molecule has 2 atom stereocenters. The number of carbonyl (C=O) groups is 1. The predicted molar refractivity (Wildman–Crippen MR) is 90.2 cm³/mol. The minimum atomic E-state index is -0.108. The highest BCUT2D eigenvalue weighted by atomic mass is 16.5. The number of piperidine rings is 1. The van der Waals surface area contributed by atoms with Crippen molar-refractivity contribution < 1.29 is 9.53 Å². The third-order valence-corrected chi connectivity index (χ3v) is 4.60. The van der Waals surface area contributed by atoms with Crippen molar-refractivity contribution in [2.45, 2.75) is 57.7 Å². The van der Waals surface area contributed by atoms with Gasteiger partial charge in [-0.1, -0.05) is 13.8 Å². The van der Waals surface area contributed by atoms with Gasteiger partial charge in [0.2, 0.25) is 5.91 Å². The standard InChI is InChI=1S/C17H27N5O2/c1-12(2)10-13-11-15(21-20-13)16(23)22-8-4-14(5-9-22)24-17-18-6-3-7-19-17/h3,6-7,12-15,20-21H,4-5,8-11H2,1-2H3. The first kappa shape index (κ1) is 17.1. The van der Waals surface area contributed by atoms with Gasteiger partial charge < -0.3 is 9.64 Å². The van der Waals surface area contributed by atoms with E-state index in [1.807, 2.05) is 4.90 Å². The highest BCUT2D eigenvalue weighted by Gasteiger charge is 2.34. The van der Waals surface area contributed by atoms with Crippen molar-refractivity contribution in [3.63, 3.8) is 0 Å². The molecule has 2 unspecified atom stereocenters. The van der Waals surface area contributed by atoms with Crippen LogP contribution in [0.5, 0.6) is 6.01 Å². The molecule has 2 aliphatic rings. The molecule has 7 nitrogen and oxygen atoms in total. The van der Waals surface area contributed by atoms with E-state index in [4.69, 9.17) is 4.74 Å². The van der Waals surface area contributed by atoms with Gasteiger partial charge in [-0.05, 0) is 24.8 Å². The number of likely N-dealkylation sites (tertiary alicyclic amines) is 1. The Bertz CT molecular complexity index is 531. The van der Waals surface area contributed by atoms with Gasteiger partial charge in [-0.2, -0.15) is 0 Å². The fourth-order valence-electron chi connectivity index (χ4n) is 3.42. The first-order valence-electron chi connectivity index (χ1n) is 8.85. The molecule has 0 saturated carbocycles. The van der Waals surface area contributed by atoms with Gasteiger partial charge in [0.05, 0.1) is 0 Å². The van der Waals surface area contributed by atoms with Crippen molar-refractivity contribution in [2.75, 3.05) is 13.1 Å². The Balaban J connectivity index is 1.44. The molecule has 2 saturated heterocycles. The van der Waals surface area contributed by atoms with E-state index in [0.29, 0.717) is 18.0 Å². The molecular formula is C17H27N5O2. The summed E-state index contributed by atoms with van der Waals surface area (Å²) >= 11 is 0. The maximum atomic E-state index is 12.7. The number of carbonyl (C=O) groups excluding carboxylic acids is 1. The fourth-order valence-corrected chi connectivity index (χ4v) is 3.42. The summed E-state index contributed by atoms with van der Waals surface area (Å²) in [5.41, 5.74) is 6.43. The van der Waals surface area contributed by atoms with E-state index < -0.39 is 0 Å². The molecule has 2 N–H and O–H groups in total. The highest BCUT2D eigenvalue weighted by Crippen LogP contribution is 2.19.